The smallest absolute Gasteiger partial charge is 0.231 e. The van der Waals surface area contributed by atoms with Crippen molar-refractivity contribution in [3.05, 3.63) is 94.7 Å². The first-order chi connectivity index (χ1) is 16.0. The first-order valence-corrected chi connectivity index (χ1v) is 11.2. The number of anilines is 1. The van der Waals surface area contributed by atoms with Gasteiger partial charge in [0.15, 0.2) is 18.1 Å². The lowest BCUT2D eigenvalue weighted by Crippen LogP contribution is -2.21. The number of hydrogen-bond acceptors (Lipinski definition) is 5. The quantitative estimate of drug-likeness (QED) is 0.331. The fourth-order valence-electron chi connectivity index (χ4n) is 3.90. The first-order valence-electron chi connectivity index (χ1n) is 11.2. The zero-order valence-corrected chi connectivity index (χ0v) is 19.1. The lowest BCUT2D eigenvalue weighted by atomic mass is 10.1. The highest BCUT2D eigenvalue weighted by Crippen LogP contribution is 2.39. The average molecular weight is 442 g/mol. The predicted octanol–water partition coefficient (Wildman–Crippen LogP) is 5.72. The van der Waals surface area contributed by atoms with Gasteiger partial charge in [-0.1, -0.05) is 42.5 Å². The molecule has 3 aromatic rings. The van der Waals surface area contributed by atoms with Crippen molar-refractivity contribution in [3.8, 4) is 11.5 Å². The number of nitrogens with zero attached hydrogens (tertiary/aromatic N) is 1. The van der Waals surface area contributed by atoms with Gasteiger partial charge in [-0.2, -0.15) is 0 Å². The molecule has 0 N–H and O–H groups in total. The van der Waals surface area contributed by atoms with Gasteiger partial charge in [-0.25, -0.2) is 0 Å². The van der Waals surface area contributed by atoms with Gasteiger partial charge in [-0.3, -0.25) is 9.59 Å². The molecule has 1 aliphatic heterocycles. The van der Waals surface area contributed by atoms with Crippen molar-refractivity contribution in [1.82, 2.24) is 0 Å². The molecule has 0 aliphatic carbocycles. The van der Waals surface area contributed by atoms with E-state index < -0.39 is 0 Å². The van der Waals surface area contributed by atoms with Gasteiger partial charge < -0.3 is 14.4 Å². The molecule has 5 nitrogen and oxygen atoms in total. The molecule has 0 unspecified atom stereocenters. The summed E-state index contributed by atoms with van der Waals surface area (Å²) in [4.78, 5) is 27.5. The van der Waals surface area contributed by atoms with Crippen LogP contribution in [-0.4, -0.2) is 31.3 Å². The molecular weight excluding hydrogens is 414 g/mol. The number of fused-ring (bicyclic) bond motifs is 1. The van der Waals surface area contributed by atoms with Gasteiger partial charge >= 0.3 is 0 Å². The van der Waals surface area contributed by atoms with Gasteiger partial charge in [0.05, 0.1) is 5.56 Å². The Morgan fingerprint density at radius 3 is 2.33 bits per heavy atom. The topological polar surface area (TPSA) is 55.8 Å². The van der Waals surface area contributed by atoms with Gasteiger partial charge in [-0.15, -0.1) is 0 Å². The van der Waals surface area contributed by atoms with E-state index in [0.29, 0.717) is 28.2 Å². The molecule has 4 rings (SSSR count). The van der Waals surface area contributed by atoms with Crippen LogP contribution in [0.15, 0.2) is 72.5 Å². The van der Waals surface area contributed by atoms with E-state index in [1.807, 2.05) is 49.4 Å². The van der Waals surface area contributed by atoms with Crippen LogP contribution in [-0.2, 0) is 0 Å². The number of hydrogen-bond donors (Lipinski definition) is 0. The number of carbonyl (C=O) groups is 2. The van der Waals surface area contributed by atoms with Crippen LogP contribution in [0.1, 0.15) is 45.7 Å². The van der Waals surface area contributed by atoms with Gasteiger partial charge in [0.2, 0.25) is 5.78 Å². The molecule has 5 heteroatoms. The molecule has 0 saturated carbocycles. The monoisotopic (exact) mass is 441 g/mol. The highest BCUT2D eigenvalue weighted by Gasteiger charge is 2.30. The van der Waals surface area contributed by atoms with E-state index in [1.54, 1.807) is 30.3 Å². The summed E-state index contributed by atoms with van der Waals surface area (Å²) in [6, 6.07) is 20.5. The van der Waals surface area contributed by atoms with Crippen molar-refractivity contribution in [2.45, 2.75) is 20.8 Å². The second-order valence-corrected chi connectivity index (χ2v) is 7.85. The van der Waals surface area contributed by atoms with Gasteiger partial charge in [0.1, 0.15) is 11.5 Å². The third-order valence-electron chi connectivity index (χ3n) is 5.81. The Hall–Kier alpha value is -3.86. The number of benzene rings is 3. The molecule has 0 saturated heterocycles. The normalized spacial score (nSPS) is 13.5. The van der Waals surface area contributed by atoms with E-state index in [2.05, 4.69) is 18.7 Å². The summed E-state index contributed by atoms with van der Waals surface area (Å²) in [6.07, 6.45) is 1.76. The molecule has 0 atom stereocenters. The first kappa shape index (κ1) is 22.3. The molecule has 0 aromatic heterocycles. The van der Waals surface area contributed by atoms with Crippen LogP contribution >= 0.6 is 0 Å². The van der Waals surface area contributed by atoms with E-state index in [1.165, 1.54) is 0 Å². The molecule has 3 aromatic carbocycles. The van der Waals surface area contributed by atoms with Crippen molar-refractivity contribution >= 4 is 23.3 Å². The van der Waals surface area contributed by atoms with E-state index in [0.717, 1.165) is 24.3 Å². The molecule has 0 bridgehead atoms. The summed E-state index contributed by atoms with van der Waals surface area (Å²) in [7, 11) is 0. The largest absolute Gasteiger partial charge is 0.485 e. The van der Waals surface area contributed by atoms with Crippen LogP contribution in [0.25, 0.3) is 6.08 Å². The summed E-state index contributed by atoms with van der Waals surface area (Å²) in [6.45, 7) is 7.87. The molecule has 1 heterocycles. The molecule has 168 valence electrons. The van der Waals surface area contributed by atoms with Crippen LogP contribution in [0.2, 0.25) is 0 Å². The second-order valence-electron chi connectivity index (χ2n) is 7.85. The number of carbonyl (C=O) groups excluding carboxylic acids is 2. The Kier molecular flexibility index (Phi) is 6.59. The number of allylic oxidation sites excluding steroid dienone is 1. The fourth-order valence-corrected chi connectivity index (χ4v) is 3.90. The third kappa shape index (κ3) is 4.67. The van der Waals surface area contributed by atoms with E-state index in [9.17, 15) is 9.59 Å². The standard InChI is InChI=1S/C28H27NO4/c1-4-29(5-2)22-13-11-20(12-14-22)17-26-27(31)23-15-16-25(19(3)28(23)33-26)32-18-24(30)21-9-7-6-8-10-21/h6-17H,4-5,18H2,1-3H3/b26-17-. The van der Waals surface area contributed by atoms with E-state index in [4.69, 9.17) is 9.47 Å². The number of ether oxygens (including phenoxy) is 2. The Morgan fingerprint density at radius 1 is 0.970 bits per heavy atom. The van der Waals surface area contributed by atoms with Crippen molar-refractivity contribution in [3.63, 3.8) is 0 Å². The highest BCUT2D eigenvalue weighted by molar-refractivity contribution is 6.15. The van der Waals surface area contributed by atoms with Crippen LogP contribution in [0, 0.1) is 6.92 Å². The molecule has 0 amide bonds. The molecule has 0 spiro atoms. The average Bonchev–Trinajstić information content (AvgIpc) is 3.16. The van der Waals surface area contributed by atoms with Gasteiger partial charge in [0.25, 0.3) is 0 Å². The Labute approximate surface area is 194 Å². The Bertz CT molecular complexity index is 1190. The number of rotatable bonds is 8. The van der Waals surface area contributed by atoms with Crippen molar-refractivity contribution in [2.75, 3.05) is 24.6 Å². The summed E-state index contributed by atoms with van der Waals surface area (Å²) in [5.74, 6) is 1.02. The molecular formula is C28H27NO4. The van der Waals surface area contributed by atoms with Crippen LogP contribution in [0.5, 0.6) is 11.5 Å². The second kappa shape index (κ2) is 9.74. The van der Waals surface area contributed by atoms with E-state index in [-0.39, 0.29) is 23.9 Å². The van der Waals surface area contributed by atoms with Crippen LogP contribution < -0.4 is 14.4 Å². The maximum atomic E-state index is 12.9. The SMILES string of the molecule is CCN(CC)c1ccc(/C=C2\Oc3c(ccc(OCC(=O)c4ccccc4)c3C)C2=O)cc1. The third-order valence-corrected chi connectivity index (χ3v) is 5.81. The van der Waals surface area contributed by atoms with Gasteiger partial charge in [0, 0.05) is 29.9 Å². The van der Waals surface area contributed by atoms with Crippen LogP contribution in [0.3, 0.4) is 0 Å². The summed E-state index contributed by atoms with van der Waals surface area (Å²) >= 11 is 0. The minimum atomic E-state index is -0.159. The van der Waals surface area contributed by atoms with Crippen molar-refractivity contribution in [2.24, 2.45) is 0 Å². The lowest BCUT2D eigenvalue weighted by Gasteiger charge is -2.20. The molecule has 1 aliphatic rings. The Morgan fingerprint density at radius 2 is 1.67 bits per heavy atom. The van der Waals surface area contributed by atoms with Crippen molar-refractivity contribution < 1.29 is 19.1 Å². The fraction of sp³-hybridized carbons (Fsp3) is 0.214. The zero-order valence-electron chi connectivity index (χ0n) is 19.1. The maximum Gasteiger partial charge on any atom is 0.231 e. The minimum absolute atomic E-state index is 0.0842. The summed E-state index contributed by atoms with van der Waals surface area (Å²) in [5.41, 5.74) is 3.83. The summed E-state index contributed by atoms with van der Waals surface area (Å²) in [5, 5.41) is 0. The van der Waals surface area contributed by atoms with Gasteiger partial charge in [-0.05, 0) is 56.7 Å². The highest BCUT2D eigenvalue weighted by atomic mass is 16.5. The molecule has 0 fully saturated rings. The Balaban J connectivity index is 1.50. The van der Waals surface area contributed by atoms with Crippen molar-refractivity contribution in [1.29, 1.82) is 0 Å². The minimum Gasteiger partial charge on any atom is -0.485 e. The maximum absolute atomic E-state index is 12.9. The molecule has 33 heavy (non-hydrogen) atoms. The van der Waals surface area contributed by atoms with E-state index >= 15 is 0 Å². The predicted molar refractivity (Wildman–Crippen MR) is 130 cm³/mol. The zero-order chi connectivity index (χ0) is 23.4. The molecule has 0 radical (unpaired) electrons. The van der Waals surface area contributed by atoms with Crippen LogP contribution in [0.4, 0.5) is 5.69 Å². The lowest BCUT2D eigenvalue weighted by molar-refractivity contribution is 0.0920. The summed E-state index contributed by atoms with van der Waals surface area (Å²) < 4.78 is 11.7. The number of ketones is 2. The number of Topliss-reactive ketones (excluding diaryl/α,β-unsaturated/α-hetero) is 2.